The van der Waals surface area contributed by atoms with Crippen LogP contribution in [0.25, 0.3) is 0 Å². The van der Waals surface area contributed by atoms with Crippen LogP contribution in [0.1, 0.15) is 0 Å². The number of hydrogen-bond donors (Lipinski definition) is 1. The molecule has 0 atom stereocenters. The second-order valence-corrected chi connectivity index (χ2v) is 3.33. The summed E-state index contributed by atoms with van der Waals surface area (Å²) in [5.41, 5.74) is 0. The van der Waals surface area contributed by atoms with Crippen molar-refractivity contribution in [2.24, 2.45) is 0 Å². The van der Waals surface area contributed by atoms with Gasteiger partial charge in [0.15, 0.2) is 0 Å². The largest absolute Gasteiger partial charge is 0.382 e. The molecule has 0 rings (SSSR count). The smallest absolute Gasteiger partial charge is 0.243 e. The van der Waals surface area contributed by atoms with Crippen molar-refractivity contribution in [3.05, 3.63) is 12.7 Å². The van der Waals surface area contributed by atoms with Crippen molar-refractivity contribution in [3.8, 4) is 0 Å². The van der Waals surface area contributed by atoms with Crippen molar-refractivity contribution in [3.63, 3.8) is 0 Å². The number of nitrogens with one attached hydrogen (secondary N) is 1. The van der Waals surface area contributed by atoms with Crippen LogP contribution in [-0.4, -0.2) is 65.8 Å². The Hall–Kier alpha value is -0.950. The maximum Gasteiger partial charge on any atom is 0.243 e. The van der Waals surface area contributed by atoms with E-state index in [9.17, 15) is 4.79 Å². The minimum atomic E-state index is -0.192. The third-order valence-electron chi connectivity index (χ3n) is 1.91. The summed E-state index contributed by atoms with van der Waals surface area (Å²) in [5, 5.41) is 2.61. The van der Waals surface area contributed by atoms with Crippen LogP contribution in [0, 0.1) is 0 Å². The monoisotopic (exact) mass is 261 g/mol. The predicted octanol–water partition coefficient (Wildman–Crippen LogP) is -0.0152. The molecule has 0 bridgehead atoms. The first kappa shape index (κ1) is 17.1. The van der Waals surface area contributed by atoms with Crippen LogP contribution in [-0.2, 0) is 23.7 Å². The summed E-state index contributed by atoms with van der Waals surface area (Å²) < 4.78 is 20.5. The summed E-state index contributed by atoms with van der Waals surface area (Å²) in [6, 6.07) is 0. The van der Waals surface area contributed by atoms with E-state index in [1.807, 2.05) is 0 Å². The quantitative estimate of drug-likeness (QED) is 0.373. The second kappa shape index (κ2) is 14.1. The first-order valence-electron chi connectivity index (χ1n) is 5.93. The van der Waals surface area contributed by atoms with Gasteiger partial charge < -0.3 is 24.3 Å². The number of ether oxygens (including phenoxy) is 4. The maximum absolute atomic E-state index is 10.8. The summed E-state index contributed by atoms with van der Waals surface area (Å²) in [7, 11) is 1.63. The van der Waals surface area contributed by atoms with Gasteiger partial charge in [-0.2, -0.15) is 0 Å². The van der Waals surface area contributed by atoms with Crippen LogP contribution < -0.4 is 5.32 Å². The summed E-state index contributed by atoms with van der Waals surface area (Å²) in [5.74, 6) is -0.192. The lowest BCUT2D eigenvalue weighted by Crippen LogP contribution is -2.25. The van der Waals surface area contributed by atoms with Gasteiger partial charge in [-0.25, -0.2) is 0 Å². The average molecular weight is 261 g/mol. The van der Waals surface area contributed by atoms with Crippen molar-refractivity contribution in [2.75, 3.05) is 59.9 Å². The SMILES string of the molecule is C=CC(=O)NCCOCCOCCOCCOC. The molecule has 6 heteroatoms. The Bertz CT molecular complexity index is 211. The molecule has 0 aliphatic rings. The minimum absolute atomic E-state index is 0.192. The molecule has 0 saturated heterocycles. The van der Waals surface area contributed by atoms with E-state index < -0.39 is 0 Å². The summed E-state index contributed by atoms with van der Waals surface area (Å²) in [4.78, 5) is 10.8. The van der Waals surface area contributed by atoms with E-state index >= 15 is 0 Å². The number of rotatable bonds is 13. The maximum atomic E-state index is 10.8. The molecule has 106 valence electrons. The van der Waals surface area contributed by atoms with Gasteiger partial charge in [0.1, 0.15) is 0 Å². The normalized spacial score (nSPS) is 10.3. The van der Waals surface area contributed by atoms with Gasteiger partial charge in [-0.3, -0.25) is 4.79 Å². The van der Waals surface area contributed by atoms with E-state index in [0.29, 0.717) is 52.8 Å². The molecule has 0 heterocycles. The van der Waals surface area contributed by atoms with E-state index in [1.54, 1.807) is 7.11 Å². The van der Waals surface area contributed by atoms with Crippen molar-refractivity contribution < 1.29 is 23.7 Å². The molecular weight excluding hydrogens is 238 g/mol. The molecule has 6 nitrogen and oxygen atoms in total. The summed E-state index contributed by atoms with van der Waals surface area (Å²) >= 11 is 0. The van der Waals surface area contributed by atoms with Crippen LogP contribution in [0.2, 0.25) is 0 Å². The zero-order valence-corrected chi connectivity index (χ0v) is 11.0. The highest BCUT2D eigenvalue weighted by Gasteiger charge is 1.93. The average Bonchev–Trinajstić information content (AvgIpc) is 2.39. The van der Waals surface area contributed by atoms with Gasteiger partial charge in [-0.05, 0) is 6.08 Å². The van der Waals surface area contributed by atoms with Gasteiger partial charge >= 0.3 is 0 Å². The molecule has 0 saturated carbocycles. The Labute approximate surface area is 108 Å². The van der Waals surface area contributed by atoms with Gasteiger partial charge in [0.05, 0.1) is 46.2 Å². The lowest BCUT2D eigenvalue weighted by atomic mass is 10.5. The summed E-state index contributed by atoms with van der Waals surface area (Å²) in [6.07, 6.45) is 1.23. The predicted molar refractivity (Wildman–Crippen MR) is 67.5 cm³/mol. The molecule has 1 amide bonds. The highest BCUT2D eigenvalue weighted by atomic mass is 16.6. The van der Waals surface area contributed by atoms with Crippen LogP contribution in [0.3, 0.4) is 0 Å². The first-order valence-corrected chi connectivity index (χ1v) is 5.93. The molecule has 0 aromatic carbocycles. The standard InChI is InChI=1S/C12H23NO5/c1-3-12(14)13-4-5-16-8-9-18-11-10-17-7-6-15-2/h3H,1,4-11H2,2H3,(H,13,14). The third kappa shape index (κ3) is 13.1. The Balaban J connectivity index is 2.98. The highest BCUT2D eigenvalue weighted by Crippen LogP contribution is 1.81. The Kier molecular flexibility index (Phi) is 13.4. The van der Waals surface area contributed by atoms with Crippen molar-refractivity contribution in [1.29, 1.82) is 0 Å². The lowest BCUT2D eigenvalue weighted by molar-refractivity contribution is -0.116. The van der Waals surface area contributed by atoms with Crippen molar-refractivity contribution in [2.45, 2.75) is 0 Å². The number of amides is 1. The van der Waals surface area contributed by atoms with Crippen molar-refractivity contribution >= 4 is 5.91 Å². The molecule has 0 aromatic rings. The van der Waals surface area contributed by atoms with Gasteiger partial charge in [0.25, 0.3) is 0 Å². The van der Waals surface area contributed by atoms with E-state index in [0.717, 1.165) is 0 Å². The topological polar surface area (TPSA) is 66.0 Å². The zero-order chi connectivity index (χ0) is 13.5. The van der Waals surface area contributed by atoms with E-state index in [1.165, 1.54) is 6.08 Å². The second-order valence-electron chi connectivity index (χ2n) is 3.33. The number of methoxy groups -OCH3 is 1. The molecular formula is C12H23NO5. The van der Waals surface area contributed by atoms with Crippen molar-refractivity contribution in [1.82, 2.24) is 5.32 Å². The van der Waals surface area contributed by atoms with E-state index in [2.05, 4.69) is 11.9 Å². The molecule has 0 spiro atoms. The van der Waals surface area contributed by atoms with Crippen LogP contribution >= 0.6 is 0 Å². The fourth-order valence-electron chi connectivity index (χ4n) is 1.00. The minimum Gasteiger partial charge on any atom is -0.382 e. The van der Waals surface area contributed by atoms with Crippen LogP contribution in [0.4, 0.5) is 0 Å². The molecule has 18 heavy (non-hydrogen) atoms. The lowest BCUT2D eigenvalue weighted by Gasteiger charge is -2.06. The molecule has 0 radical (unpaired) electrons. The Morgan fingerprint density at radius 2 is 1.50 bits per heavy atom. The molecule has 1 N–H and O–H groups in total. The van der Waals surface area contributed by atoms with Gasteiger partial charge in [0.2, 0.25) is 5.91 Å². The Morgan fingerprint density at radius 1 is 1.00 bits per heavy atom. The Morgan fingerprint density at radius 3 is 2.00 bits per heavy atom. The third-order valence-corrected chi connectivity index (χ3v) is 1.91. The molecule has 0 aliphatic heterocycles. The number of carbonyl (C=O) groups is 1. The molecule has 0 aliphatic carbocycles. The summed E-state index contributed by atoms with van der Waals surface area (Å²) in [6.45, 7) is 7.58. The molecule has 0 fully saturated rings. The molecule has 0 aromatic heterocycles. The van der Waals surface area contributed by atoms with Crippen LogP contribution in [0.5, 0.6) is 0 Å². The fourth-order valence-corrected chi connectivity index (χ4v) is 1.00. The number of carbonyl (C=O) groups excluding carboxylic acids is 1. The zero-order valence-electron chi connectivity index (χ0n) is 11.0. The first-order chi connectivity index (χ1) is 8.81. The fraction of sp³-hybridized carbons (Fsp3) is 0.750. The van der Waals surface area contributed by atoms with Gasteiger partial charge in [-0.1, -0.05) is 6.58 Å². The van der Waals surface area contributed by atoms with Gasteiger partial charge in [-0.15, -0.1) is 0 Å². The highest BCUT2D eigenvalue weighted by molar-refractivity contribution is 5.86. The van der Waals surface area contributed by atoms with Gasteiger partial charge in [0, 0.05) is 13.7 Å². The van der Waals surface area contributed by atoms with E-state index in [-0.39, 0.29) is 5.91 Å². The van der Waals surface area contributed by atoms with E-state index in [4.69, 9.17) is 18.9 Å². The van der Waals surface area contributed by atoms with Crippen LogP contribution in [0.15, 0.2) is 12.7 Å². The molecule has 0 unspecified atom stereocenters. The number of hydrogen-bond acceptors (Lipinski definition) is 5.